The van der Waals surface area contributed by atoms with Gasteiger partial charge in [-0.15, -0.1) is 5.10 Å². The molecule has 2 aromatic heterocycles. The molecule has 8 nitrogen and oxygen atoms in total. The zero-order valence-corrected chi connectivity index (χ0v) is 14.2. The van der Waals surface area contributed by atoms with Gasteiger partial charge in [0.2, 0.25) is 11.8 Å². The number of hydrogen-bond donors (Lipinski definition) is 3. The van der Waals surface area contributed by atoms with Crippen LogP contribution in [0.4, 0.5) is 5.82 Å². The number of anilines is 1. The molecule has 3 aromatic rings. The number of nitrogens with zero attached hydrogens (tertiary/aromatic N) is 3. The number of carbonyl (C=O) groups excluding carboxylic acids is 2. The Morgan fingerprint density at radius 3 is 2.88 bits per heavy atom. The number of carbonyl (C=O) groups is 2. The molecule has 0 saturated heterocycles. The van der Waals surface area contributed by atoms with Gasteiger partial charge in [0.05, 0.1) is 6.20 Å². The van der Waals surface area contributed by atoms with Gasteiger partial charge in [-0.25, -0.2) is 4.68 Å². The van der Waals surface area contributed by atoms with Gasteiger partial charge >= 0.3 is 0 Å². The number of benzene rings is 1. The van der Waals surface area contributed by atoms with Crippen LogP contribution < -0.4 is 10.6 Å². The van der Waals surface area contributed by atoms with E-state index in [1.54, 1.807) is 0 Å². The van der Waals surface area contributed by atoms with Crippen molar-refractivity contribution in [1.29, 1.82) is 0 Å². The van der Waals surface area contributed by atoms with Crippen LogP contribution in [0, 0.1) is 6.92 Å². The Morgan fingerprint density at radius 1 is 1.28 bits per heavy atom. The maximum absolute atomic E-state index is 12.0. The van der Waals surface area contributed by atoms with E-state index in [2.05, 4.69) is 32.0 Å². The van der Waals surface area contributed by atoms with Crippen LogP contribution in [-0.2, 0) is 22.6 Å². The molecule has 0 radical (unpaired) electrons. The number of aromatic nitrogens is 4. The van der Waals surface area contributed by atoms with Gasteiger partial charge in [-0.05, 0) is 25.0 Å². The summed E-state index contributed by atoms with van der Waals surface area (Å²) < 4.78 is 1.39. The van der Waals surface area contributed by atoms with Gasteiger partial charge in [-0.1, -0.05) is 23.4 Å². The Labute approximate surface area is 144 Å². The summed E-state index contributed by atoms with van der Waals surface area (Å²) in [4.78, 5) is 26.3. The van der Waals surface area contributed by atoms with E-state index in [-0.39, 0.29) is 18.4 Å². The number of rotatable bonds is 6. The fourth-order valence-corrected chi connectivity index (χ4v) is 2.80. The molecule has 0 spiro atoms. The molecule has 1 aromatic carbocycles. The lowest BCUT2D eigenvalue weighted by atomic mass is 10.1. The first-order chi connectivity index (χ1) is 12.0. The summed E-state index contributed by atoms with van der Waals surface area (Å²) in [6.07, 6.45) is 2.26. The minimum Gasteiger partial charge on any atom is -0.358 e. The second kappa shape index (κ2) is 7.16. The molecule has 2 heterocycles. The van der Waals surface area contributed by atoms with Crippen molar-refractivity contribution in [2.45, 2.75) is 26.8 Å². The molecule has 0 aliphatic carbocycles. The van der Waals surface area contributed by atoms with Crippen LogP contribution in [0.3, 0.4) is 0 Å². The topological polar surface area (TPSA) is 105 Å². The average molecular weight is 340 g/mol. The molecular formula is C17H20N6O2. The standard InChI is InChI=1S/C17H20N6O2/c1-11-13(14-5-3-4-6-15(14)19-11)7-8-18-17(25)10-23-9-16(21-22-23)20-12(2)24/h3-6,9,19H,7-8,10H2,1-2H3,(H,18,25)(H,20,24). The van der Waals surface area contributed by atoms with Gasteiger partial charge in [0.1, 0.15) is 6.54 Å². The quantitative estimate of drug-likeness (QED) is 0.630. The first-order valence-corrected chi connectivity index (χ1v) is 8.03. The van der Waals surface area contributed by atoms with Crippen molar-refractivity contribution in [2.24, 2.45) is 0 Å². The summed E-state index contributed by atoms with van der Waals surface area (Å²) >= 11 is 0. The van der Waals surface area contributed by atoms with Crippen LogP contribution in [0.2, 0.25) is 0 Å². The number of para-hydroxylation sites is 1. The number of fused-ring (bicyclic) bond motifs is 1. The van der Waals surface area contributed by atoms with Crippen molar-refractivity contribution < 1.29 is 9.59 Å². The van der Waals surface area contributed by atoms with Gasteiger partial charge in [-0.2, -0.15) is 0 Å². The van der Waals surface area contributed by atoms with Crippen LogP contribution in [0.15, 0.2) is 30.5 Å². The van der Waals surface area contributed by atoms with E-state index in [1.165, 1.54) is 28.8 Å². The summed E-state index contributed by atoms with van der Waals surface area (Å²) in [7, 11) is 0. The van der Waals surface area contributed by atoms with E-state index < -0.39 is 0 Å². The van der Waals surface area contributed by atoms with Gasteiger partial charge in [0.15, 0.2) is 5.82 Å². The van der Waals surface area contributed by atoms with Crippen LogP contribution in [-0.4, -0.2) is 38.3 Å². The molecular weight excluding hydrogens is 320 g/mol. The molecule has 0 unspecified atom stereocenters. The number of hydrogen-bond acceptors (Lipinski definition) is 4. The van der Waals surface area contributed by atoms with Gasteiger partial charge in [0.25, 0.3) is 0 Å². The minimum absolute atomic E-state index is 0.0550. The monoisotopic (exact) mass is 340 g/mol. The average Bonchev–Trinajstić information content (AvgIpc) is 3.11. The Bertz CT molecular complexity index is 911. The molecule has 3 rings (SSSR count). The number of amides is 2. The highest BCUT2D eigenvalue weighted by atomic mass is 16.2. The number of aromatic amines is 1. The first kappa shape index (κ1) is 16.7. The summed E-state index contributed by atoms with van der Waals surface area (Å²) in [5.74, 6) is -0.0583. The molecule has 0 aliphatic heterocycles. The van der Waals surface area contributed by atoms with E-state index in [1.807, 2.05) is 25.1 Å². The van der Waals surface area contributed by atoms with E-state index in [0.29, 0.717) is 12.4 Å². The Balaban J connectivity index is 1.53. The minimum atomic E-state index is -0.231. The number of nitrogens with one attached hydrogen (secondary N) is 3. The van der Waals surface area contributed by atoms with E-state index in [0.717, 1.165) is 17.6 Å². The van der Waals surface area contributed by atoms with Crippen molar-refractivity contribution in [3.63, 3.8) is 0 Å². The van der Waals surface area contributed by atoms with E-state index >= 15 is 0 Å². The third-order valence-electron chi connectivity index (χ3n) is 3.87. The molecule has 3 N–H and O–H groups in total. The smallest absolute Gasteiger partial charge is 0.241 e. The second-order valence-electron chi connectivity index (χ2n) is 5.86. The Hall–Kier alpha value is -3.16. The number of H-pyrrole nitrogens is 1. The van der Waals surface area contributed by atoms with Crippen LogP contribution >= 0.6 is 0 Å². The Kier molecular flexibility index (Phi) is 4.78. The van der Waals surface area contributed by atoms with Crippen molar-refractivity contribution in [3.8, 4) is 0 Å². The third kappa shape index (κ3) is 4.03. The molecule has 0 atom stereocenters. The molecule has 2 amide bonds. The van der Waals surface area contributed by atoms with Gasteiger partial charge in [-0.3, -0.25) is 9.59 Å². The lowest BCUT2D eigenvalue weighted by molar-refractivity contribution is -0.121. The van der Waals surface area contributed by atoms with Crippen LogP contribution in [0.25, 0.3) is 10.9 Å². The molecule has 0 fully saturated rings. The summed E-state index contributed by atoms with van der Waals surface area (Å²) in [5.41, 5.74) is 3.44. The fraction of sp³-hybridized carbons (Fsp3) is 0.294. The maximum atomic E-state index is 12.0. The zero-order valence-electron chi connectivity index (χ0n) is 14.2. The summed E-state index contributed by atoms with van der Waals surface area (Å²) in [6.45, 7) is 4.02. The number of aryl methyl sites for hydroxylation is 1. The summed E-state index contributed by atoms with van der Waals surface area (Å²) in [5, 5.41) is 14.2. The molecule has 8 heteroatoms. The highest BCUT2D eigenvalue weighted by molar-refractivity contribution is 5.87. The molecule has 0 bridgehead atoms. The normalized spacial score (nSPS) is 10.8. The SMILES string of the molecule is CC(=O)Nc1cn(CC(=O)NCCc2c(C)[nH]c3ccccc23)nn1. The zero-order chi connectivity index (χ0) is 17.8. The van der Waals surface area contributed by atoms with Gasteiger partial charge < -0.3 is 15.6 Å². The predicted molar refractivity (Wildman–Crippen MR) is 94.1 cm³/mol. The highest BCUT2D eigenvalue weighted by Gasteiger charge is 2.10. The largest absolute Gasteiger partial charge is 0.358 e. The van der Waals surface area contributed by atoms with Crippen molar-refractivity contribution in [3.05, 3.63) is 41.7 Å². The van der Waals surface area contributed by atoms with E-state index in [4.69, 9.17) is 0 Å². The van der Waals surface area contributed by atoms with Crippen LogP contribution in [0.1, 0.15) is 18.2 Å². The molecule has 25 heavy (non-hydrogen) atoms. The molecule has 0 aliphatic rings. The van der Waals surface area contributed by atoms with E-state index in [9.17, 15) is 9.59 Å². The Morgan fingerprint density at radius 2 is 2.08 bits per heavy atom. The predicted octanol–water partition coefficient (Wildman–Crippen LogP) is 1.39. The van der Waals surface area contributed by atoms with Crippen LogP contribution in [0.5, 0.6) is 0 Å². The first-order valence-electron chi connectivity index (χ1n) is 8.03. The summed E-state index contributed by atoms with van der Waals surface area (Å²) in [6, 6.07) is 8.13. The van der Waals surface area contributed by atoms with Crippen molar-refractivity contribution in [2.75, 3.05) is 11.9 Å². The highest BCUT2D eigenvalue weighted by Crippen LogP contribution is 2.21. The lowest BCUT2D eigenvalue weighted by Gasteiger charge is -2.05. The van der Waals surface area contributed by atoms with Crippen molar-refractivity contribution in [1.82, 2.24) is 25.3 Å². The van der Waals surface area contributed by atoms with Gasteiger partial charge in [0, 0.05) is 30.1 Å². The fourth-order valence-electron chi connectivity index (χ4n) is 2.80. The maximum Gasteiger partial charge on any atom is 0.241 e. The molecule has 130 valence electrons. The third-order valence-corrected chi connectivity index (χ3v) is 3.87. The molecule has 0 saturated carbocycles. The second-order valence-corrected chi connectivity index (χ2v) is 5.86. The lowest BCUT2D eigenvalue weighted by Crippen LogP contribution is -2.29. The van der Waals surface area contributed by atoms with Crippen molar-refractivity contribution >= 4 is 28.5 Å².